The Morgan fingerprint density at radius 2 is 2.42 bits per heavy atom. The molecule has 0 aliphatic heterocycles. The van der Waals surface area contributed by atoms with E-state index in [1.807, 2.05) is 0 Å². The number of hydrogen-bond donors (Lipinski definition) is 0. The topological polar surface area (TPSA) is 69.1 Å². The predicted molar refractivity (Wildman–Crippen MR) is 37.4 cm³/mol. The van der Waals surface area contributed by atoms with E-state index < -0.39 is 0 Å². The lowest BCUT2D eigenvalue weighted by Crippen LogP contribution is -1.78. The molecule has 0 bridgehead atoms. The first kappa shape index (κ1) is 6.78. The molecule has 0 fully saturated rings. The fourth-order valence-electron chi connectivity index (χ4n) is 0.792. The zero-order valence-electron chi connectivity index (χ0n) is 5.93. The Labute approximate surface area is 67.0 Å². The highest BCUT2D eigenvalue weighted by Gasteiger charge is 2.07. The van der Waals surface area contributed by atoms with E-state index in [9.17, 15) is 4.79 Å². The van der Waals surface area contributed by atoms with Crippen molar-refractivity contribution in [1.29, 1.82) is 0 Å². The van der Waals surface area contributed by atoms with Gasteiger partial charge in [0.25, 0.3) is 5.89 Å². The molecule has 2 rings (SSSR count). The van der Waals surface area contributed by atoms with Gasteiger partial charge in [-0.2, -0.15) is 4.98 Å². The van der Waals surface area contributed by atoms with E-state index in [0.29, 0.717) is 17.7 Å². The molecule has 0 unspecified atom stereocenters. The van der Waals surface area contributed by atoms with Gasteiger partial charge in [0.05, 0.1) is 11.8 Å². The average molecular weight is 164 g/mol. The minimum atomic E-state index is -0.0359. The maximum absolute atomic E-state index is 10.2. The highest BCUT2D eigenvalue weighted by Crippen LogP contribution is 2.14. The third kappa shape index (κ3) is 1.01. The van der Waals surface area contributed by atoms with Crippen LogP contribution in [-0.2, 0) is 0 Å². The van der Waals surface area contributed by atoms with E-state index in [1.54, 1.807) is 6.07 Å². The van der Waals surface area contributed by atoms with Crippen LogP contribution in [0.2, 0.25) is 0 Å². The molecule has 0 atom stereocenters. The lowest BCUT2D eigenvalue weighted by molar-refractivity contribution is 0.108. The first-order valence-corrected chi connectivity index (χ1v) is 3.21. The van der Waals surface area contributed by atoms with Crippen LogP contribution in [0.5, 0.6) is 0 Å². The first-order chi connectivity index (χ1) is 5.90. The van der Waals surface area contributed by atoms with Gasteiger partial charge in [0.15, 0.2) is 0 Å². The Morgan fingerprint density at radius 3 is 3.00 bits per heavy atom. The normalized spacial score (nSPS) is 10.0. The second-order valence-electron chi connectivity index (χ2n) is 2.09. The van der Waals surface area contributed by atoms with Gasteiger partial charge in [-0.3, -0.25) is 4.79 Å². The summed E-state index contributed by atoms with van der Waals surface area (Å²) in [6, 6.07) is 1.68. The van der Waals surface area contributed by atoms with Crippen molar-refractivity contribution in [2.45, 2.75) is 0 Å². The molecule has 12 heavy (non-hydrogen) atoms. The van der Waals surface area contributed by atoms with Crippen molar-refractivity contribution in [3.8, 4) is 11.4 Å². The number of furan rings is 1. The Hall–Kier alpha value is -1.91. The van der Waals surface area contributed by atoms with Crippen molar-refractivity contribution >= 4 is 6.29 Å². The van der Waals surface area contributed by atoms with Crippen molar-refractivity contribution in [3.63, 3.8) is 0 Å². The smallest absolute Gasteiger partial charge is 0.291 e. The van der Waals surface area contributed by atoms with Gasteiger partial charge in [0.1, 0.15) is 6.26 Å². The van der Waals surface area contributed by atoms with Crippen LogP contribution in [0.1, 0.15) is 10.7 Å². The van der Waals surface area contributed by atoms with E-state index in [2.05, 4.69) is 14.7 Å². The maximum Gasteiger partial charge on any atom is 0.291 e. The van der Waals surface area contributed by atoms with E-state index in [-0.39, 0.29) is 5.89 Å². The highest BCUT2D eigenvalue weighted by atomic mass is 16.5. The Kier molecular flexibility index (Phi) is 1.48. The number of aromatic nitrogens is 2. The number of carbonyl (C=O) groups is 1. The fourth-order valence-corrected chi connectivity index (χ4v) is 0.792. The van der Waals surface area contributed by atoms with Crippen molar-refractivity contribution in [1.82, 2.24) is 10.1 Å². The SMILES string of the molecule is O=Cc1nc(-c2ccoc2)no1. The molecule has 5 nitrogen and oxygen atoms in total. The molecule has 0 aliphatic carbocycles. The summed E-state index contributed by atoms with van der Waals surface area (Å²) in [7, 11) is 0. The molecular formula is C7H4N2O3. The van der Waals surface area contributed by atoms with Gasteiger partial charge in [-0.25, -0.2) is 0 Å². The highest BCUT2D eigenvalue weighted by molar-refractivity contribution is 5.68. The number of rotatable bonds is 2. The van der Waals surface area contributed by atoms with Crippen LogP contribution in [0, 0.1) is 0 Å². The summed E-state index contributed by atoms with van der Waals surface area (Å²) >= 11 is 0. The molecule has 0 saturated heterocycles. The van der Waals surface area contributed by atoms with E-state index in [4.69, 9.17) is 4.42 Å². The maximum atomic E-state index is 10.2. The molecule has 5 heteroatoms. The number of carbonyl (C=O) groups excluding carboxylic acids is 1. The van der Waals surface area contributed by atoms with Crippen LogP contribution in [0.4, 0.5) is 0 Å². The van der Waals surface area contributed by atoms with E-state index in [1.165, 1.54) is 12.5 Å². The summed E-state index contributed by atoms with van der Waals surface area (Å²) in [4.78, 5) is 13.9. The molecule has 60 valence electrons. The molecule has 2 aromatic heterocycles. The van der Waals surface area contributed by atoms with Crippen molar-refractivity contribution in [3.05, 3.63) is 24.5 Å². The molecule has 0 amide bonds. The van der Waals surface area contributed by atoms with Crippen molar-refractivity contribution < 1.29 is 13.7 Å². The minimum absolute atomic E-state index is 0.0359. The molecule has 0 radical (unpaired) electrons. The molecule has 2 aromatic rings. The van der Waals surface area contributed by atoms with Crippen molar-refractivity contribution in [2.24, 2.45) is 0 Å². The molecule has 0 N–H and O–H groups in total. The lowest BCUT2D eigenvalue weighted by atomic mass is 10.3. The van der Waals surface area contributed by atoms with Crippen LogP contribution < -0.4 is 0 Å². The summed E-state index contributed by atoms with van der Waals surface area (Å²) in [6.07, 6.45) is 3.46. The summed E-state index contributed by atoms with van der Waals surface area (Å²) in [6.45, 7) is 0. The van der Waals surface area contributed by atoms with E-state index in [0.717, 1.165) is 0 Å². The van der Waals surface area contributed by atoms with Gasteiger partial charge in [-0.1, -0.05) is 5.16 Å². The molecule has 0 saturated carbocycles. The molecule has 2 heterocycles. The fraction of sp³-hybridized carbons (Fsp3) is 0. The lowest BCUT2D eigenvalue weighted by Gasteiger charge is -1.79. The average Bonchev–Trinajstić information content (AvgIpc) is 2.75. The predicted octanol–water partition coefficient (Wildman–Crippen LogP) is 1.14. The number of hydrogen-bond acceptors (Lipinski definition) is 5. The first-order valence-electron chi connectivity index (χ1n) is 3.21. The quantitative estimate of drug-likeness (QED) is 0.622. The molecule has 0 aromatic carbocycles. The Morgan fingerprint density at radius 1 is 1.50 bits per heavy atom. The third-order valence-corrected chi connectivity index (χ3v) is 1.32. The largest absolute Gasteiger partial charge is 0.472 e. The standard InChI is InChI=1S/C7H4N2O3/c10-3-6-8-7(9-12-6)5-1-2-11-4-5/h1-4H. The number of aldehydes is 1. The van der Waals surface area contributed by atoms with E-state index >= 15 is 0 Å². The number of nitrogens with zero attached hydrogens (tertiary/aromatic N) is 2. The van der Waals surface area contributed by atoms with Gasteiger partial charge in [0, 0.05) is 0 Å². The van der Waals surface area contributed by atoms with Gasteiger partial charge in [-0.15, -0.1) is 0 Å². The van der Waals surface area contributed by atoms with Crippen LogP contribution >= 0.6 is 0 Å². The third-order valence-electron chi connectivity index (χ3n) is 1.32. The van der Waals surface area contributed by atoms with Crippen LogP contribution in [0.3, 0.4) is 0 Å². The summed E-state index contributed by atoms with van der Waals surface area (Å²) < 4.78 is 9.37. The minimum Gasteiger partial charge on any atom is -0.472 e. The van der Waals surface area contributed by atoms with Gasteiger partial charge in [0.2, 0.25) is 12.1 Å². The van der Waals surface area contributed by atoms with Crippen LogP contribution in [-0.4, -0.2) is 16.4 Å². The zero-order valence-corrected chi connectivity index (χ0v) is 5.93. The van der Waals surface area contributed by atoms with Gasteiger partial charge in [-0.05, 0) is 6.07 Å². The molecule has 0 spiro atoms. The second kappa shape index (κ2) is 2.61. The monoisotopic (exact) mass is 164 g/mol. The Balaban J connectivity index is 2.41. The Bertz CT molecular complexity index is 377. The summed E-state index contributed by atoms with van der Waals surface area (Å²) in [5, 5.41) is 3.55. The summed E-state index contributed by atoms with van der Waals surface area (Å²) in [5.41, 5.74) is 0.687. The van der Waals surface area contributed by atoms with Crippen molar-refractivity contribution in [2.75, 3.05) is 0 Å². The van der Waals surface area contributed by atoms with Crippen LogP contribution in [0.25, 0.3) is 11.4 Å². The molecular weight excluding hydrogens is 160 g/mol. The van der Waals surface area contributed by atoms with Gasteiger partial charge >= 0.3 is 0 Å². The second-order valence-corrected chi connectivity index (χ2v) is 2.09. The zero-order chi connectivity index (χ0) is 8.39. The van der Waals surface area contributed by atoms with Crippen LogP contribution in [0.15, 0.2) is 27.5 Å². The summed E-state index contributed by atoms with van der Waals surface area (Å²) in [5.74, 6) is 0.317. The van der Waals surface area contributed by atoms with Gasteiger partial charge < -0.3 is 8.94 Å². The molecule has 0 aliphatic rings.